The van der Waals surface area contributed by atoms with Gasteiger partial charge in [0.15, 0.2) is 5.84 Å². The average Bonchev–Trinajstić information content (AvgIpc) is 2.36. The van der Waals surface area contributed by atoms with E-state index in [-0.39, 0.29) is 23.9 Å². The van der Waals surface area contributed by atoms with Crippen LogP contribution in [0, 0.1) is 0 Å². The van der Waals surface area contributed by atoms with Gasteiger partial charge >= 0.3 is 6.18 Å². The monoisotopic (exact) mass is 278 g/mol. The molecule has 0 radical (unpaired) electrons. The molecule has 0 aromatic carbocycles. The van der Waals surface area contributed by atoms with Crippen LogP contribution in [0.3, 0.4) is 0 Å². The Morgan fingerprint density at radius 2 is 2.11 bits per heavy atom. The summed E-state index contributed by atoms with van der Waals surface area (Å²) in [4.78, 5) is 4.70. The number of nitrogens with two attached hydrogens (primary N) is 1. The number of rotatable bonds is 5. The molecule has 106 valence electrons. The van der Waals surface area contributed by atoms with Crippen molar-refractivity contribution in [3.63, 3.8) is 0 Å². The van der Waals surface area contributed by atoms with E-state index in [9.17, 15) is 13.2 Å². The van der Waals surface area contributed by atoms with Gasteiger partial charge in [-0.2, -0.15) is 13.2 Å². The summed E-state index contributed by atoms with van der Waals surface area (Å²) in [5, 5.41) is 20.0. The SMILES string of the molecule is N/C(=N/O)c1cccc(N(CCO)CC(F)(F)F)n1. The number of pyridine rings is 1. The Hall–Kier alpha value is -2.03. The molecule has 0 aliphatic heterocycles. The number of nitrogens with zero attached hydrogens (tertiary/aromatic N) is 3. The number of hydrogen-bond acceptors (Lipinski definition) is 5. The third-order valence-corrected chi connectivity index (χ3v) is 2.17. The maximum atomic E-state index is 12.4. The number of amidine groups is 1. The van der Waals surface area contributed by atoms with E-state index in [4.69, 9.17) is 16.0 Å². The molecule has 0 aliphatic carbocycles. The van der Waals surface area contributed by atoms with Crippen LogP contribution in [0.2, 0.25) is 0 Å². The number of aromatic nitrogens is 1. The minimum atomic E-state index is -4.43. The van der Waals surface area contributed by atoms with Crippen LogP contribution >= 0.6 is 0 Å². The Labute approximate surface area is 107 Å². The van der Waals surface area contributed by atoms with E-state index in [2.05, 4.69) is 10.1 Å². The quantitative estimate of drug-likeness (QED) is 0.316. The predicted molar refractivity (Wildman–Crippen MR) is 62.1 cm³/mol. The molecule has 0 aliphatic rings. The summed E-state index contributed by atoms with van der Waals surface area (Å²) in [7, 11) is 0. The van der Waals surface area contributed by atoms with Gasteiger partial charge in [0, 0.05) is 6.54 Å². The van der Waals surface area contributed by atoms with Crippen molar-refractivity contribution < 1.29 is 23.5 Å². The number of alkyl halides is 3. The summed E-state index contributed by atoms with van der Waals surface area (Å²) in [5.41, 5.74) is 5.36. The van der Waals surface area contributed by atoms with Crippen LogP contribution < -0.4 is 10.6 Å². The van der Waals surface area contributed by atoms with Crippen LogP contribution in [0.4, 0.5) is 19.0 Å². The van der Waals surface area contributed by atoms with E-state index in [1.54, 1.807) is 0 Å². The van der Waals surface area contributed by atoms with Gasteiger partial charge in [-0.3, -0.25) is 0 Å². The molecule has 1 heterocycles. The number of hydrogen-bond donors (Lipinski definition) is 3. The Bertz CT molecular complexity index is 451. The highest BCUT2D eigenvalue weighted by Crippen LogP contribution is 2.20. The van der Waals surface area contributed by atoms with Gasteiger partial charge in [-0.05, 0) is 12.1 Å². The first-order valence-corrected chi connectivity index (χ1v) is 5.25. The fourth-order valence-corrected chi connectivity index (χ4v) is 1.41. The summed E-state index contributed by atoms with van der Waals surface area (Å²) < 4.78 is 37.2. The second kappa shape index (κ2) is 6.23. The van der Waals surface area contributed by atoms with Crippen molar-refractivity contribution in [2.24, 2.45) is 10.9 Å². The molecule has 0 atom stereocenters. The second-order valence-corrected chi connectivity index (χ2v) is 3.63. The molecular weight excluding hydrogens is 265 g/mol. The van der Waals surface area contributed by atoms with Gasteiger partial charge in [-0.1, -0.05) is 11.2 Å². The summed E-state index contributed by atoms with van der Waals surface area (Å²) in [5.74, 6) is -0.326. The van der Waals surface area contributed by atoms with Crippen molar-refractivity contribution in [1.29, 1.82) is 0 Å². The molecule has 0 unspecified atom stereocenters. The highest BCUT2D eigenvalue weighted by Gasteiger charge is 2.31. The molecule has 6 nitrogen and oxygen atoms in total. The molecule has 0 spiro atoms. The van der Waals surface area contributed by atoms with Gasteiger partial charge in [0.25, 0.3) is 0 Å². The van der Waals surface area contributed by atoms with Crippen molar-refractivity contribution >= 4 is 11.7 Å². The first-order valence-electron chi connectivity index (χ1n) is 5.25. The van der Waals surface area contributed by atoms with Crippen molar-refractivity contribution in [2.75, 3.05) is 24.6 Å². The first kappa shape index (κ1) is 15.0. The molecule has 0 bridgehead atoms. The highest BCUT2D eigenvalue weighted by molar-refractivity contribution is 5.95. The van der Waals surface area contributed by atoms with Crippen molar-refractivity contribution in [2.45, 2.75) is 6.18 Å². The minimum Gasteiger partial charge on any atom is -0.409 e. The van der Waals surface area contributed by atoms with E-state index >= 15 is 0 Å². The third-order valence-electron chi connectivity index (χ3n) is 2.17. The molecule has 19 heavy (non-hydrogen) atoms. The molecule has 0 saturated heterocycles. The Morgan fingerprint density at radius 3 is 2.63 bits per heavy atom. The van der Waals surface area contributed by atoms with Crippen LogP contribution in [0.1, 0.15) is 5.69 Å². The minimum absolute atomic E-state index is 0.0181. The van der Waals surface area contributed by atoms with Gasteiger partial charge in [0.05, 0.1) is 6.61 Å². The lowest BCUT2D eigenvalue weighted by molar-refractivity contribution is -0.120. The molecule has 0 fully saturated rings. The average molecular weight is 278 g/mol. The molecular formula is C10H13F3N4O2. The lowest BCUT2D eigenvalue weighted by atomic mass is 10.3. The molecule has 1 aromatic rings. The maximum Gasteiger partial charge on any atom is 0.405 e. The van der Waals surface area contributed by atoms with Crippen LogP contribution in [0.5, 0.6) is 0 Å². The van der Waals surface area contributed by atoms with E-state index < -0.39 is 19.3 Å². The van der Waals surface area contributed by atoms with E-state index in [1.807, 2.05) is 0 Å². The van der Waals surface area contributed by atoms with E-state index in [1.165, 1.54) is 18.2 Å². The van der Waals surface area contributed by atoms with Gasteiger partial charge in [0.2, 0.25) is 0 Å². The number of oxime groups is 1. The lowest BCUT2D eigenvalue weighted by Crippen LogP contribution is -2.37. The zero-order valence-electron chi connectivity index (χ0n) is 9.80. The summed E-state index contributed by atoms with van der Waals surface area (Å²) in [6, 6.07) is 4.16. The van der Waals surface area contributed by atoms with Gasteiger partial charge in [-0.25, -0.2) is 4.98 Å². The van der Waals surface area contributed by atoms with Gasteiger partial charge in [0.1, 0.15) is 18.1 Å². The number of anilines is 1. The predicted octanol–water partition coefficient (Wildman–Crippen LogP) is 0.537. The second-order valence-electron chi connectivity index (χ2n) is 3.63. The van der Waals surface area contributed by atoms with Crippen LogP contribution in [-0.4, -0.2) is 47.0 Å². The largest absolute Gasteiger partial charge is 0.409 e. The zero-order valence-corrected chi connectivity index (χ0v) is 9.80. The standard InChI is InChI=1S/C10H13F3N4O2/c11-10(12,13)6-17(4-5-18)8-3-1-2-7(15-8)9(14)16-19/h1-3,18-19H,4-6H2,(H2,14,16). The normalized spacial score (nSPS) is 12.5. The molecule has 4 N–H and O–H groups in total. The number of aliphatic hydroxyl groups is 1. The van der Waals surface area contributed by atoms with Crippen molar-refractivity contribution in [3.05, 3.63) is 23.9 Å². The van der Waals surface area contributed by atoms with Crippen LogP contribution in [0.25, 0.3) is 0 Å². The van der Waals surface area contributed by atoms with E-state index in [0.717, 1.165) is 4.90 Å². The fraction of sp³-hybridized carbons (Fsp3) is 0.400. The smallest absolute Gasteiger partial charge is 0.405 e. The maximum absolute atomic E-state index is 12.4. The topological polar surface area (TPSA) is 95.0 Å². The Morgan fingerprint density at radius 1 is 1.42 bits per heavy atom. The van der Waals surface area contributed by atoms with Crippen molar-refractivity contribution in [3.8, 4) is 0 Å². The molecule has 1 aromatic heterocycles. The van der Waals surface area contributed by atoms with Gasteiger partial charge in [-0.15, -0.1) is 0 Å². The summed E-state index contributed by atoms with van der Waals surface area (Å²) in [6.07, 6.45) is -4.43. The zero-order chi connectivity index (χ0) is 14.5. The fourth-order valence-electron chi connectivity index (χ4n) is 1.41. The Kier molecular flexibility index (Phi) is 4.93. The summed E-state index contributed by atoms with van der Waals surface area (Å²) >= 11 is 0. The summed E-state index contributed by atoms with van der Waals surface area (Å²) in [6.45, 7) is -1.93. The van der Waals surface area contributed by atoms with Crippen LogP contribution in [-0.2, 0) is 0 Å². The molecule has 9 heteroatoms. The molecule has 0 amide bonds. The number of halogens is 3. The lowest BCUT2D eigenvalue weighted by Gasteiger charge is -2.24. The molecule has 1 rings (SSSR count). The number of aliphatic hydroxyl groups excluding tert-OH is 1. The van der Waals surface area contributed by atoms with Crippen LogP contribution in [0.15, 0.2) is 23.4 Å². The first-order chi connectivity index (χ1) is 8.87. The van der Waals surface area contributed by atoms with E-state index in [0.29, 0.717) is 0 Å². The third kappa shape index (κ3) is 4.62. The highest BCUT2D eigenvalue weighted by atomic mass is 19.4. The van der Waals surface area contributed by atoms with Gasteiger partial charge < -0.3 is 20.9 Å². The Balaban J connectivity index is 3.02. The van der Waals surface area contributed by atoms with Crippen molar-refractivity contribution in [1.82, 2.24) is 4.98 Å². The molecule has 0 saturated carbocycles.